The van der Waals surface area contributed by atoms with Gasteiger partial charge in [0, 0.05) is 12.8 Å². The lowest BCUT2D eigenvalue weighted by atomic mass is 10.0. The van der Waals surface area contributed by atoms with Gasteiger partial charge in [-0.05, 0) is 12.8 Å². The Morgan fingerprint density at radius 1 is 0.388 bits per heavy atom. The van der Waals surface area contributed by atoms with Gasteiger partial charge in [0.15, 0.2) is 6.10 Å². The van der Waals surface area contributed by atoms with Crippen molar-refractivity contribution < 1.29 is 42.9 Å². The smallest absolute Gasteiger partial charge is 0.361 e. The molecule has 0 radical (unpaired) electrons. The molecule has 2 atom stereocenters. The number of carbonyl (C=O) groups excluding carboxylic acids is 2. The van der Waals surface area contributed by atoms with E-state index in [1.165, 1.54) is 231 Å². The first kappa shape index (κ1) is 65.3. The van der Waals surface area contributed by atoms with E-state index < -0.39 is 18.4 Å². The lowest BCUT2D eigenvalue weighted by molar-refractivity contribution is -0.870. The molecule has 0 rings (SSSR count). The van der Waals surface area contributed by atoms with Crippen LogP contribution in [-0.2, 0) is 33.3 Å². The minimum Gasteiger partial charge on any atom is -0.477 e. The summed E-state index contributed by atoms with van der Waals surface area (Å²) in [6.45, 7) is 4.92. The average molecular weight is 954 g/mol. The number of carboxylic acids is 1. The van der Waals surface area contributed by atoms with E-state index in [4.69, 9.17) is 18.9 Å². The van der Waals surface area contributed by atoms with Crippen LogP contribution < -0.4 is 0 Å². The number of nitrogens with zero attached hydrogens (tertiary/aromatic N) is 1. The zero-order chi connectivity index (χ0) is 49.2. The number of unbranched alkanes of at least 4 members (excludes halogenated alkanes) is 40. The number of aliphatic carboxylic acids is 1. The van der Waals surface area contributed by atoms with E-state index in [0.29, 0.717) is 17.4 Å². The first-order valence-corrected chi connectivity index (χ1v) is 29.2. The van der Waals surface area contributed by atoms with Gasteiger partial charge in [-0.2, -0.15) is 0 Å². The molecule has 0 heterocycles. The number of esters is 2. The van der Waals surface area contributed by atoms with E-state index in [2.05, 4.69) is 13.8 Å². The Morgan fingerprint density at radius 2 is 0.672 bits per heavy atom. The largest absolute Gasteiger partial charge is 0.477 e. The Labute approximate surface area is 415 Å². The molecule has 1 N–H and O–H groups in total. The molecule has 0 fully saturated rings. The Morgan fingerprint density at radius 3 is 0.955 bits per heavy atom. The summed E-state index contributed by atoms with van der Waals surface area (Å²) in [5.41, 5.74) is 0. The third kappa shape index (κ3) is 52.0. The van der Waals surface area contributed by atoms with Crippen LogP contribution in [0.25, 0.3) is 0 Å². The molecule has 0 saturated carbocycles. The number of carbonyl (C=O) groups is 3. The second-order valence-corrected chi connectivity index (χ2v) is 21.3. The Kier molecular flexibility index (Phi) is 49.4. The van der Waals surface area contributed by atoms with Crippen molar-refractivity contribution in [2.45, 2.75) is 309 Å². The Balaban J connectivity index is 4.00. The highest BCUT2D eigenvalue weighted by atomic mass is 16.7. The van der Waals surface area contributed by atoms with Crippen molar-refractivity contribution in [1.82, 2.24) is 0 Å². The molecule has 0 spiro atoms. The standard InChI is InChI=1S/C58H113NO8/c1-6-8-10-12-14-16-18-19-20-21-22-23-24-25-26-27-28-29-30-31-32-33-34-35-36-37-39-41-43-45-47-49-56(61)67-54(53-66-58(57(62)63)64-51-50-59(3,4)5)52-65-55(60)48-46-44-42-40-38-17-15-13-11-9-7-2/h54,58H,6-53H2,1-5H3/p+1. The van der Waals surface area contributed by atoms with Crippen LogP contribution in [-0.4, -0.2) is 87.4 Å². The minimum atomic E-state index is -1.50. The highest BCUT2D eigenvalue weighted by Crippen LogP contribution is 2.18. The maximum atomic E-state index is 12.8. The third-order valence-corrected chi connectivity index (χ3v) is 13.4. The Bertz CT molecular complexity index is 1060. The second-order valence-electron chi connectivity index (χ2n) is 21.3. The van der Waals surface area contributed by atoms with Crippen molar-refractivity contribution in [1.29, 1.82) is 0 Å². The van der Waals surface area contributed by atoms with Crippen LogP contribution in [0.4, 0.5) is 0 Å². The van der Waals surface area contributed by atoms with Crippen LogP contribution in [0.3, 0.4) is 0 Å². The maximum absolute atomic E-state index is 12.8. The molecular formula is C58H114NO8+. The summed E-state index contributed by atoms with van der Waals surface area (Å²) in [5, 5.41) is 9.67. The van der Waals surface area contributed by atoms with Crippen molar-refractivity contribution in [3.8, 4) is 0 Å². The number of ether oxygens (including phenoxy) is 4. The molecule has 0 bridgehead atoms. The summed E-state index contributed by atoms with van der Waals surface area (Å²) in [6.07, 6.45) is 53.5. The number of likely N-dealkylation sites (N-methyl/N-ethyl adjacent to an activating group) is 1. The molecule has 2 unspecified atom stereocenters. The van der Waals surface area contributed by atoms with E-state index in [9.17, 15) is 19.5 Å². The SMILES string of the molecule is CCCCCCCCCCCCCCCCCCCCCCCCCCCCCCCCCC(=O)OC(COC(=O)CCCCCCCCCCCCC)COC(OCC[N+](C)(C)C)C(=O)O. The van der Waals surface area contributed by atoms with Crippen LogP contribution in [0.15, 0.2) is 0 Å². The van der Waals surface area contributed by atoms with Gasteiger partial charge in [-0.25, -0.2) is 4.79 Å². The molecule has 0 aliphatic rings. The monoisotopic (exact) mass is 953 g/mol. The van der Waals surface area contributed by atoms with Gasteiger partial charge in [-0.1, -0.05) is 271 Å². The zero-order valence-corrected chi connectivity index (χ0v) is 45.3. The minimum absolute atomic E-state index is 0.173. The normalized spacial score (nSPS) is 12.7. The molecular weight excluding hydrogens is 839 g/mol. The van der Waals surface area contributed by atoms with Crippen LogP contribution in [0, 0.1) is 0 Å². The fourth-order valence-corrected chi connectivity index (χ4v) is 8.84. The summed E-state index contributed by atoms with van der Waals surface area (Å²) < 4.78 is 22.8. The maximum Gasteiger partial charge on any atom is 0.361 e. The van der Waals surface area contributed by atoms with E-state index in [1.54, 1.807) is 0 Å². The molecule has 398 valence electrons. The lowest BCUT2D eigenvalue weighted by Gasteiger charge is -2.25. The lowest BCUT2D eigenvalue weighted by Crippen LogP contribution is -2.40. The van der Waals surface area contributed by atoms with Crippen molar-refractivity contribution in [3.63, 3.8) is 0 Å². The van der Waals surface area contributed by atoms with Gasteiger partial charge in [0.05, 0.1) is 34.4 Å². The molecule has 9 heteroatoms. The van der Waals surface area contributed by atoms with Crippen LogP contribution in [0.1, 0.15) is 296 Å². The van der Waals surface area contributed by atoms with Gasteiger partial charge in [-0.3, -0.25) is 9.59 Å². The van der Waals surface area contributed by atoms with Crippen LogP contribution >= 0.6 is 0 Å². The summed E-state index contributed by atoms with van der Waals surface area (Å²) in [4.78, 5) is 37.2. The molecule has 0 saturated heterocycles. The van der Waals surface area contributed by atoms with Gasteiger partial charge < -0.3 is 28.5 Å². The first-order chi connectivity index (χ1) is 32.6. The van der Waals surface area contributed by atoms with E-state index in [1.807, 2.05) is 21.1 Å². The number of hydrogen-bond acceptors (Lipinski definition) is 7. The average Bonchev–Trinajstić information content (AvgIpc) is 3.29. The predicted octanol–water partition coefficient (Wildman–Crippen LogP) is 16.8. The highest BCUT2D eigenvalue weighted by molar-refractivity contribution is 5.71. The molecule has 0 aromatic heterocycles. The van der Waals surface area contributed by atoms with Gasteiger partial charge in [0.1, 0.15) is 13.2 Å². The van der Waals surface area contributed by atoms with E-state index >= 15 is 0 Å². The van der Waals surface area contributed by atoms with Crippen molar-refractivity contribution in [3.05, 3.63) is 0 Å². The van der Waals surface area contributed by atoms with Crippen molar-refractivity contribution in [2.24, 2.45) is 0 Å². The molecule has 67 heavy (non-hydrogen) atoms. The molecule has 0 aromatic carbocycles. The molecule has 0 amide bonds. The van der Waals surface area contributed by atoms with E-state index in [0.717, 1.165) is 38.5 Å². The molecule has 0 aromatic rings. The number of carboxylic acid groups (broad SMARTS) is 1. The number of quaternary nitrogens is 1. The fraction of sp³-hybridized carbons (Fsp3) is 0.948. The fourth-order valence-electron chi connectivity index (χ4n) is 8.84. The number of rotatable bonds is 55. The first-order valence-electron chi connectivity index (χ1n) is 29.2. The molecule has 0 aliphatic heterocycles. The molecule has 9 nitrogen and oxygen atoms in total. The summed E-state index contributed by atoms with van der Waals surface area (Å²) in [5.74, 6) is -1.98. The quantitative estimate of drug-likeness (QED) is 0.0278. The van der Waals surface area contributed by atoms with Gasteiger partial charge in [-0.15, -0.1) is 0 Å². The third-order valence-electron chi connectivity index (χ3n) is 13.4. The predicted molar refractivity (Wildman–Crippen MR) is 282 cm³/mol. The second kappa shape index (κ2) is 50.7. The highest BCUT2D eigenvalue weighted by Gasteiger charge is 2.25. The van der Waals surface area contributed by atoms with E-state index in [-0.39, 0.29) is 38.2 Å². The Hall–Kier alpha value is -1.71. The zero-order valence-electron chi connectivity index (χ0n) is 45.3. The van der Waals surface area contributed by atoms with Gasteiger partial charge >= 0.3 is 17.9 Å². The van der Waals surface area contributed by atoms with Crippen LogP contribution in [0.2, 0.25) is 0 Å². The summed E-state index contributed by atoms with van der Waals surface area (Å²) in [6, 6.07) is 0. The van der Waals surface area contributed by atoms with Gasteiger partial charge in [0.2, 0.25) is 0 Å². The molecule has 0 aliphatic carbocycles. The topological polar surface area (TPSA) is 108 Å². The van der Waals surface area contributed by atoms with Gasteiger partial charge in [0.25, 0.3) is 6.29 Å². The van der Waals surface area contributed by atoms with Crippen molar-refractivity contribution >= 4 is 17.9 Å². The van der Waals surface area contributed by atoms with Crippen LogP contribution in [0.5, 0.6) is 0 Å². The summed E-state index contributed by atoms with van der Waals surface area (Å²) in [7, 11) is 5.98. The summed E-state index contributed by atoms with van der Waals surface area (Å²) >= 11 is 0. The van der Waals surface area contributed by atoms with Crippen molar-refractivity contribution in [2.75, 3.05) is 47.5 Å². The number of hydrogen-bond donors (Lipinski definition) is 1.